The molecule has 0 spiro atoms. The fourth-order valence-electron chi connectivity index (χ4n) is 2.44. The Bertz CT molecular complexity index is 568. The van der Waals surface area contributed by atoms with Gasteiger partial charge < -0.3 is 14.8 Å². The monoisotopic (exact) mass is 255 g/mol. The van der Waals surface area contributed by atoms with Crippen LogP contribution in [-0.2, 0) is 0 Å². The Morgan fingerprint density at radius 1 is 1.11 bits per heavy atom. The van der Waals surface area contributed by atoms with Gasteiger partial charge in [-0.1, -0.05) is 30.3 Å². The van der Waals surface area contributed by atoms with Gasteiger partial charge in [-0.05, 0) is 18.2 Å². The summed E-state index contributed by atoms with van der Waals surface area (Å²) >= 11 is 0. The maximum Gasteiger partial charge on any atom is 0.141 e. The Labute approximate surface area is 113 Å². The second kappa shape index (κ2) is 5.22. The number of ether oxygens (including phenoxy) is 2. The normalized spacial score (nSPS) is 17.2. The lowest BCUT2D eigenvalue weighted by Crippen LogP contribution is -2.20. The number of para-hydroxylation sites is 3. The predicted molar refractivity (Wildman–Crippen MR) is 75.9 cm³/mol. The van der Waals surface area contributed by atoms with Crippen LogP contribution in [0.15, 0.2) is 48.5 Å². The van der Waals surface area contributed by atoms with Crippen LogP contribution in [0.3, 0.4) is 0 Å². The number of nitrogens with one attached hydrogen (secondary N) is 1. The third kappa shape index (κ3) is 2.36. The molecule has 1 unspecified atom stereocenters. The van der Waals surface area contributed by atoms with Crippen LogP contribution in [0.1, 0.15) is 18.0 Å². The van der Waals surface area contributed by atoms with Gasteiger partial charge >= 0.3 is 0 Å². The molecule has 1 heterocycles. The largest absolute Gasteiger partial charge is 0.495 e. The van der Waals surface area contributed by atoms with Crippen LogP contribution >= 0.6 is 0 Å². The standard InChI is InChI=1S/C16H17NO2/c1-18-16-9-5-3-7-14(16)17-13-10-11-19-15-8-4-2-6-12(13)15/h2-9,13,17H,10-11H2,1H3. The van der Waals surface area contributed by atoms with Crippen LogP contribution in [-0.4, -0.2) is 13.7 Å². The van der Waals surface area contributed by atoms with Crippen molar-refractivity contribution in [3.8, 4) is 11.5 Å². The summed E-state index contributed by atoms with van der Waals surface area (Å²) in [5.41, 5.74) is 2.23. The quantitative estimate of drug-likeness (QED) is 0.908. The Morgan fingerprint density at radius 2 is 1.89 bits per heavy atom. The van der Waals surface area contributed by atoms with Crippen molar-refractivity contribution in [3.05, 3.63) is 54.1 Å². The van der Waals surface area contributed by atoms with Crippen molar-refractivity contribution in [1.82, 2.24) is 0 Å². The van der Waals surface area contributed by atoms with Gasteiger partial charge in [0.15, 0.2) is 0 Å². The molecule has 19 heavy (non-hydrogen) atoms. The van der Waals surface area contributed by atoms with Crippen LogP contribution in [0.5, 0.6) is 11.5 Å². The van der Waals surface area contributed by atoms with Crippen molar-refractivity contribution in [2.45, 2.75) is 12.5 Å². The van der Waals surface area contributed by atoms with Gasteiger partial charge in [-0.15, -0.1) is 0 Å². The summed E-state index contributed by atoms with van der Waals surface area (Å²) in [7, 11) is 1.69. The molecule has 3 nitrogen and oxygen atoms in total. The third-order valence-corrected chi connectivity index (χ3v) is 3.40. The summed E-state index contributed by atoms with van der Waals surface area (Å²) in [5, 5.41) is 3.55. The van der Waals surface area contributed by atoms with E-state index in [4.69, 9.17) is 9.47 Å². The Morgan fingerprint density at radius 3 is 2.79 bits per heavy atom. The molecule has 98 valence electrons. The van der Waals surface area contributed by atoms with Crippen molar-refractivity contribution in [1.29, 1.82) is 0 Å². The lowest BCUT2D eigenvalue weighted by molar-refractivity contribution is 0.274. The van der Waals surface area contributed by atoms with Crippen LogP contribution in [0.4, 0.5) is 5.69 Å². The van der Waals surface area contributed by atoms with E-state index in [2.05, 4.69) is 11.4 Å². The van der Waals surface area contributed by atoms with E-state index in [0.29, 0.717) is 0 Å². The minimum atomic E-state index is 0.265. The molecule has 0 fully saturated rings. The highest BCUT2D eigenvalue weighted by Gasteiger charge is 2.21. The zero-order valence-corrected chi connectivity index (χ0v) is 10.9. The van der Waals surface area contributed by atoms with Crippen molar-refractivity contribution in [3.63, 3.8) is 0 Å². The predicted octanol–water partition coefficient (Wildman–Crippen LogP) is 3.63. The first-order valence-corrected chi connectivity index (χ1v) is 6.50. The summed E-state index contributed by atoms with van der Waals surface area (Å²) in [6, 6.07) is 16.4. The van der Waals surface area contributed by atoms with Gasteiger partial charge in [0.05, 0.1) is 25.4 Å². The van der Waals surface area contributed by atoms with Gasteiger partial charge in [0, 0.05) is 12.0 Å². The molecule has 1 N–H and O–H groups in total. The Hall–Kier alpha value is -2.16. The zero-order valence-electron chi connectivity index (χ0n) is 10.9. The van der Waals surface area contributed by atoms with Gasteiger partial charge in [-0.2, -0.15) is 0 Å². The first-order valence-electron chi connectivity index (χ1n) is 6.50. The number of methoxy groups -OCH3 is 1. The van der Waals surface area contributed by atoms with E-state index in [1.54, 1.807) is 7.11 Å². The highest BCUT2D eigenvalue weighted by Crippen LogP contribution is 2.36. The van der Waals surface area contributed by atoms with Gasteiger partial charge in [-0.25, -0.2) is 0 Å². The smallest absolute Gasteiger partial charge is 0.141 e. The van der Waals surface area contributed by atoms with Gasteiger partial charge in [0.25, 0.3) is 0 Å². The maximum atomic E-state index is 5.68. The molecular formula is C16H17NO2. The lowest BCUT2D eigenvalue weighted by Gasteiger charge is -2.28. The highest BCUT2D eigenvalue weighted by molar-refractivity contribution is 5.58. The Balaban J connectivity index is 1.88. The summed E-state index contributed by atoms with van der Waals surface area (Å²) in [5.74, 6) is 1.84. The summed E-state index contributed by atoms with van der Waals surface area (Å²) in [4.78, 5) is 0. The maximum absolute atomic E-state index is 5.68. The first kappa shape index (κ1) is 11.9. The fourth-order valence-corrected chi connectivity index (χ4v) is 2.44. The van der Waals surface area contributed by atoms with Gasteiger partial charge in [0.1, 0.15) is 11.5 Å². The molecule has 1 aliphatic heterocycles. The summed E-state index contributed by atoms with van der Waals surface area (Å²) in [6.07, 6.45) is 0.953. The second-order valence-electron chi connectivity index (χ2n) is 4.57. The topological polar surface area (TPSA) is 30.5 Å². The molecule has 0 saturated heterocycles. The number of rotatable bonds is 3. The molecule has 0 aromatic heterocycles. The number of fused-ring (bicyclic) bond motifs is 1. The van der Waals surface area contributed by atoms with E-state index in [1.807, 2.05) is 42.5 Å². The van der Waals surface area contributed by atoms with E-state index in [1.165, 1.54) is 5.56 Å². The first-order chi connectivity index (χ1) is 9.38. The lowest BCUT2D eigenvalue weighted by atomic mass is 10.0. The molecular weight excluding hydrogens is 238 g/mol. The minimum Gasteiger partial charge on any atom is -0.495 e. The van der Waals surface area contributed by atoms with Crippen LogP contribution in [0.25, 0.3) is 0 Å². The second-order valence-corrected chi connectivity index (χ2v) is 4.57. The van der Waals surface area contributed by atoms with E-state index < -0.39 is 0 Å². The van der Waals surface area contributed by atoms with Crippen molar-refractivity contribution in [2.75, 3.05) is 19.0 Å². The summed E-state index contributed by atoms with van der Waals surface area (Å²) in [6.45, 7) is 0.740. The van der Waals surface area contributed by atoms with Gasteiger partial charge in [-0.3, -0.25) is 0 Å². The molecule has 0 bridgehead atoms. The molecule has 2 aromatic carbocycles. The summed E-state index contributed by atoms with van der Waals surface area (Å²) < 4.78 is 11.1. The van der Waals surface area contributed by atoms with Crippen LogP contribution in [0, 0.1) is 0 Å². The minimum absolute atomic E-state index is 0.265. The average Bonchev–Trinajstić information content (AvgIpc) is 2.48. The molecule has 3 heteroatoms. The Kier molecular flexibility index (Phi) is 3.27. The molecule has 0 amide bonds. The molecule has 0 radical (unpaired) electrons. The number of hydrogen-bond donors (Lipinski definition) is 1. The SMILES string of the molecule is COc1ccccc1NC1CCOc2ccccc21. The number of hydrogen-bond acceptors (Lipinski definition) is 3. The average molecular weight is 255 g/mol. The van der Waals surface area contributed by atoms with Gasteiger partial charge in [0.2, 0.25) is 0 Å². The van der Waals surface area contributed by atoms with E-state index in [0.717, 1.165) is 30.2 Å². The number of benzene rings is 2. The number of anilines is 1. The molecule has 0 saturated carbocycles. The van der Waals surface area contributed by atoms with Crippen molar-refractivity contribution in [2.24, 2.45) is 0 Å². The molecule has 1 aliphatic rings. The van der Waals surface area contributed by atoms with Crippen LogP contribution in [0.2, 0.25) is 0 Å². The van der Waals surface area contributed by atoms with E-state index >= 15 is 0 Å². The highest BCUT2D eigenvalue weighted by atomic mass is 16.5. The van der Waals surface area contributed by atoms with Crippen molar-refractivity contribution >= 4 is 5.69 Å². The fraction of sp³-hybridized carbons (Fsp3) is 0.250. The zero-order chi connectivity index (χ0) is 13.1. The van der Waals surface area contributed by atoms with Crippen molar-refractivity contribution < 1.29 is 9.47 Å². The van der Waals surface area contributed by atoms with E-state index in [-0.39, 0.29) is 6.04 Å². The molecule has 1 atom stereocenters. The third-order valence-electron chi connectivity index (χ3n) is 3.40. The molecule has 0 aliphatic carbocycles. The molecule has 3 rings (SSSR count). The van der Waals surface area contributed by atoms with E-state index in [9.17, 15) is 0 Å². The van der Waals surface area contributed by atoms with Crippen LogP contribution < -0.4 is 14.8 Å². The molecule has 2 aromatic rings.